The number of para-hydroxylation sites is 4. The van der Waals surface area contributed by atoms with E-state index in [1.165, 1.54) is 22.3 Å². The molecular weight excluding hydrogens is 498 g/mol. The lowest BCUT2D eigenvalue weighted by atomic mass is 9.92. The Morgan fingerprint density at radius 1 is 0.415 bits per heavy atom. The van der Waals surface area contributed by atoms with E-state index >= 15 is 0 Å². The second kappa shape index (κ2) is 9.58. The van der Waals surface area contributed by atoms with E-state index < -0.39 is 0 Å². The van der Waals surface area contributed by atoms with E-state index in [4.69, 9.17) is 9.97 Å². The molecule has 0 fully saturated rings. The highest BCUT2D eigenvalue weighted by Gasteiger charge is 2.26. The maximum Gasteiger partial charge on any atom is 0.160 e. The summed E-state index contributed by atoms with van der Waals surface area (Å²) in [5.74, 6) is 0.722. The number of aromatic nitrogens is 2. The Bertz CT molecular complexity index is 2050. The molecule has 1 aromatic heterocycles. The van der Waals surface area contributed by atoms with Crippen LogP contribution in [0.1, 0.15) is 0 Å². The molecule has 0 atom stereocenters. The lowest BCUT2D eigenvalue weighted by Gasteiger charge is -2.27. The summed E-state index contributed by atoms with van der Waals surface area (Å²) in [4.78, 5) is 12.6. The van der Waals surface area contributed by atoms with Crippen LogP contribution in [0.4, 0.5) is 17.1 Å². The zero-order valence-corrected chi connectivity index (χ0v) is 22.3. The molecular formula is C38H25N3. The second-order valence-corrected chi connectivity index (χ2v) is 10.2. The highest BCUT2D eigenvalue weighted by atomic mass is 15.1. The van der Waals surface area contributed by atoms with Crippen LogP contribution in [-0.2, 0) is 0 Å². The summed E-state index contributed by atoms with van der Waals surface area (Å²) in [5, 5.41) is 1.05. The average molecular weight is 524 g/mol. The second-order valence-electron chi connectivity index (χ2n) is 10.2. The molecule has 6 aromatic carbocycles. The fraction of sp³-hybridized carbons (Fsp3) is 0. The molecule has 0 unspecified atom stereocenters. The van der Waals surface area contributed by atoms with Crippen molar-refractivity contribution in [1.29, 1.82) is 0 Å². The minimum Gasteiger partial charge on any atom is -0.309 e. The van der Waals surface area contributed by atoms with Gasteiger partial charge >= 0.3 is 0 Å². The topological polar surface area (TPSA) is 29.0 Å². The van der Waals surface area contributed by atoms with Gasteiger partial charge in [-0.2, -0.15) is 0 Å². The summed E-state index contributed by atoms with van der Waals surface area (Å²) >= 11 is 0. The molecule has 0 N–H and O–H groups in total. The number of hydrogen-bond donors (Lipinski definition) is 0. The van der Waals surface area contributed by atoms with Gasteiger partial charge in [-0.05, 0) is 47.5 Å². The largest absolute Gasteiger partial charge is 0.309 e. The Labute approximate surface area is 239 Å². The SMILES string of the molecule is c1ccc(-c2nc(-c3ccc4c(c3)-c3ccccc3N(c3ccccc3)c3ccccc3-4)nc3ccccc23)cc1. The molecule has 192 valence electrons. The number of rotatable bonds is 3. The summed E-state index contributed by atoms with van der Waals surface area (Å²) in [5.41, 5.74) is 12.1. The molecule has 3 heteroatoms. The van der Waals surface area contributed by atoms with Crippen LogP contribution in [0.15, 0.2) is 152 Å². The minimum atomic E-state index is 0.722. The van der Waals surface area contributed by atoms with Gasteiger partial charge in [-0.1, -0.05) is 115 Å². The maximum absolute atomic E-state index is 5.16. The van der Waals surface area contributed by atoms with E-state index in [1.807, 2.05) is 18.2 Å². The minimum absolute atomic E-state index is 0.722. The van der Waals surface area contributed by atoms with Crippen LogP contribution >= 0.6 is 0 Å². The Balaban J connectivity index is 1.38. The Hall–Kier alpha value is -5.54. The first kappa shape index (κ1) is 23.4. The number of anilines is 3. The van der Waals surface area contributed by atoms with Crippen molar-refractivity contribution in [2.24, 2.45) is 0 Å². The van der Waals surface area contributed by atoms with Gasteiger partial charge in [-0.15, -0.1) is 0 Å². The molecule has 0 radical (unpaired) electrons. The van der Waals surface area contributed by atoms with Gasteiger partial charge in [-0.25, -0.2) is 9.97 Å². The van der Waals surface area contributed by atoms with Crippen LogP contribution in [0.5, 0.6) is 0 Å². The first-order valence-corrected chi connectivity index (χ1v) is 13.9. The summed E-state index contributed by atoms with van der Waals surface area (Å²) < 4.78 is 0. The van der Waals surface area contributed by atoms with Crippen LogP contribution in [0.3, 0.4) is 0 Å². The van der Waals surface area contributed by atoms with Gasteiger partial charge in [0, 0.05) is 33.3 Å². The van der Waals surface area contributed by atoms with Gasteiger partial charge in [0.1, 0.15) is 0 Å². The van der Waals surface area contributed by atoms with E-state index in [1.54, 1.807) is 0 Å². The Kier molecular flexibility index (Phi) is 5.46. The van der Waals surface area contributed by atoms with Gasteiger partial charge in [0.2, 0.25) is 0 Å². The fourth-order valence-corrected chi connectivity index (χ4v) is 5.94. The highest BCUT2D eigenvalue weighted by Crippen LogP contribution is 2.51. The van der Waals surface area contributed by atoms with Gasteiger partial charge in [0.25, 0.3) is 0 Å². The third-order valence-electron chi connectivity index (χ3n) is 7.81. The molecule has 0 saturated heterocycles. The number of nitrogens with zero attached hydrogens (tertiary/aromatic N) is 3. The van der Waals surface area contributed by atoms with Crippen molar-refractivity contribution in [2.45, 2.75) is 0 Å². The monoisotopic (exact) mass is 523 g/mol. The van der Waals surface area contributed by atoms with Crippen LogP contribution < -0.4 is 4.90 Å². The highest BCUT2D eigenvalue weighted by molar-refractivity contribution is 6.03. The lowest BCUT2D eigenvalue weighted by molar-refractivity contribution is 1.23. The number of fused-ring (bicyclic) bond motifs is 6. The van der Waals surface area contributed by atoms with Gasteiger partial charge in [0.15, 0.2) is 5.82 Å². The van der Waals surface area contributed by atoms with Crippen molar-refractivity contribution in [3.63, 3.8) is 0 Å². The van der Waals surface area contributed by atoms with Gasteiger partial charge in [0.05, 0.1) is 22.6 Å². The van der Waals surface area contributed by atoms with Crippen molar-refractivity contribution >= 4 is 28.0 Å². The third kappa shape index (κ3) is 3.90. The molecule has 0 saturated carbocycles. The van der Waals surface area contributed by atoms with E-state index in [0.29, 0.717) is 0 Å². The van der Waals surface area contributed by atoms with Crippen molar-refractivity contribution in [3.8, 4) is 44.9 Å². The van der Waals surface area contributed by atoms with Gasteiger partial charge < -0.3 is 4.90 Å². The Morgan fingerprint density at radius 2 is 1.02 bits per heavy atom. The quantitative estimate of drug-likeness (QED) is 0.231. The molecule has 0 amide bonds. The van der Waals surface area contributed by atoms with Crippen LogP contribution in [0, 0.1) is 0 Å². The predicted molar refractivity (Wildman–Crippen MR) is 170 cm³/mol. The fourth-order valence-electron chi connectivity index (χ4n) is 5.94. The van der Waals surface area contributed by atoms with Gasteiger partial charge in [-0.3, -0.25) is 0 Å². The van der Waals surface area contributed by atoms with Crippen molar-refractivity contribution < 1.29 is 0 Å². The van der Waals surface area contributed by atoms with E-state index in [0.717, 1.165) is 50.6 Å². The Morgan fingerprint density at radius 3 is 1.78 bits per heavy atom. The van der Waals surface area contributed by atoms with E-state index in [-0.39, 0.29) is 0 Å². The predicted octanol–water partition coefficient (Wildman–Crippen LogP) is 10.1. The molecule has 7 aromatic rings. The summed E-state index contributed by atoms with van der Waals surface area (Å²) in [6.45, 7) is 0. The third-order valence-corrected chi connectivity index (χ3v) is 7.81. The van der Waals surface area contributed by atoms with Crippen LogP contribution in [0.2, 0.25) is 0 Å². The lowest BCUT2D eigenvalue weighted by Crippen LogP contribution is -2.10. The van der Waals surface area contributed by atoms with Crippen molar-refractivity contribution in [2.75, 3.05) is 4.90 Å². The number of hydrogen-bond acceptors (Lipinski definition) is 3. The normalized spacial score (nSPS) is 11.9. The van der Waals surface area contributed by atoms with E-state index in [9.17, 15) is 0 Å². The first-order valence-electron chi connectivity index (χ1n) is 13.9. The molecule has 2 heterocycles. The molecule has 0 spiro atoms. The molecule has 41 heavy (non-hydrogen) atoms. The molecule has 0 aliphatic carbocycles. The smallest absolute Gasteiger partial charge is 0.160 e. The summed E-state index contributed by atoms with van der Waals surface area (Å²) in [6, 6.07) is 53.2. The van der Waals surface area contributed by atoms with Crippen LogP contribution in [0.25, 0.3) is 55.8 Å². The molecule has 8 rings (SSSR count). The van der Waals surface area contributed by atoms with E-state index in [2.05, 4.69) is 138 Å². The first-order chi connectivity index (χ1) is 20.3. The van der Waals surface area contributed by atoms with Crippen molar-refractivity contribution in [3.05, 3.63) is 152 Å². The molecule has 1 aliphatic rings. The standard InChI is InChI=1S/C38H25N3/c1-3-13-26(14-4-1)37-32-19-7-10-20-34(32)39-38(40-37)27-23-24-29-30-17-8-11-21-35(30)41(28-15-5-2-6-16-28)36-22-12-9-18-31(36)33(29)25-27/h1-25H. The maximum atomic E-state index is 5.16. The zero-order valence-electron chi connectivity index (χ0n) is 22.3. The molecule has 3 nitrogen and oxygen atoms in total. The molecule has 0 bridgehead atoms. The number of benzene rings is 6. The summed E-state index contributed by atoms with van der Waals surface area (Å²) in [6.07, 6.45) is 0. The molecule has 1 aliphatic heterocycles. The summed E-state index contributed by atoms with van der Waals surface area (Å²) in [7, 11) is 0. The van der Waals surface area contributed by atoms with Crippen LogP contribution in [-0.4, -0.2) is 9.97 Å². The zero-order chi connectivity index (χ0) is 27.2. The van der Waals surface area contributed by atoms with Crippen molar-refractivity contribution in [1.82, 2.24) is 9.97 Å². The average Bonchev–Trinajstić information content (AvgIpc) is 3.17.